The molecule has 80 valence electrons. The van der Waals surface area contributed by atoms with Gasteiger partial charge in [0.05, 0.1) is 11.1 Å². The van der Waals surface area contributed by atoms with Crippen LogP contribution >= 0.6 is 0 Å². The van der Waals surface area contributed by atoms with E-state index in [4.69, 9.17) is 5.73 Å². The Hall–Kier alpha value is -1.83. The highest BCUT2D eigenvalue weighted by Gasteiger charge is 2.17. The summed E-state index contributed by atoms with van der Waals surface area (Å²) in [6, 6.07) is 5.90. The highest BCUT2D eigenvalue weighted by Crippen LogP contribution is 2.28. The van der Waals surface area contributed by atoms with Crippen molar-refractivity contribution < 1.29 is 0 Å². The van der Waals surface area contributed by atoms with E-state index in [9.17, 15) is 0 Å². The first-order valence-corrected chi connectivity index (χ1v) is 5.54. The van der Waals surface area contributed by atoms with Crippen molar-refractivity contribution in [3.05, 3.63) is 52.2 Å². The maximum atomic E-state index is 5.82. The second kappa shape index (κ2) is 3.08. The maximum absolute atomic E-state index is 5.82. The Labute approximate surface area is 94.5 Å². The normalized spacial score (nSPS) is 21.9. The Morgan fingerprint density at radius 1 is 1.31 bits per heavy atom. The van der Waals surface area contributed by atoms with E-state index >= 15 is 0 Å². The van der Waals surface area contributed by atoms with Gasteiger partial charge in [0.15, 0.2) is 0 Å². The fourth-order valence-electron chi connectivity index (χ4n) is 2.20. The molecule has 2 nitrogen and oxygen atoms in total. The zero-order chi connectivity index (χ0) is 11.3. The van der Waals surface area contributed by atoms with Crippen LogP contribution in [0.25, 0.3) is 5.57 Å². The van der Waals surface area contributed by atoms with Gasteiger partial charge < -0.3 is 5.73 Å². The van der Waals surface area contributed by atoms with Crippen LogP contribution in [0.15, 0.2) is 46.6 Å². The lowest BCUT2D eigenvalue weighted by atomic mass is 9.92. The van der Waals surface area contributed by atoms with Gasteiger partial charge in [-0.1, -0.05) is 24.6 Å². The molecular weight excluding hydrogens is 196 g/mol. The highest BCUT2D eigenvalue weighted by atomic mass is 14.8. The van der Waals surface area contributed by atoms with E-state index in [1.165, 1.54) is 11.1 Å². The van der Waals surface area contributed by atoms with E-state index in [0.29, 0.717) is 5.92 Å². The molecule has 2 aliphatic rings. The summed E-state index contributed by atoms with van der Waals surface area (Å²) in [7, 11) is 0. The van der Waals surface area contributed by atoms with Gasteiger partial charge in [-0.3, -0.25) is 0 Å². The minimum Gasteiger partial charge on any atom is -0.399 e. The minimum absolute atomic E-state index is 0.481. The minimum atomic E-state index is 0.481. The number of hydrogen-bond donors (Lipinski definition) is 1. The third-order valence-corrected chi connectivity index (χ3v) is 3.33. The van der Waals surface area contributed by atoms with Crippen molar-refractivity contribution in [2.24, 2.45) is 10.9 Å². The number of hydrogen-bond acceptors (Lipinski definition) is 2. The summed E-state index contributed by atoms with van der Waals surface area (Å²) in [6.45, 7) is 4.36. The molecule has 2 heteroatoms. The van der Waals surface area contributed by atoms with E-state index in [1.807, 2.05) is 18.2 Å². The molecule has 1 aromatic carbocycles. The van der Waals surface area contributed by atoms with E-state index in [0.717, 1.165) is 22.0 Å². The quantitative estimate of drug-likeness (QED) is 0.648. The topological polar surface area (TPSA) is 38.4 Å². The zero-order valence-corrected chi connectivity index (χ0v) is 9.49. The lowest BCUT2D eigenvalue weighted by Gasteiger charge is -2.14. The van der Waals surface area contributed by atoms with Crippen LogP contribution in [0.1, 0.15) is 13.8 Å². The molecule has 0 fully saturated rings. The Bertz CT molecular complexity index is 648. The number of allylic oxidation sites excluding steroid dienone is 3. The summed E-state index contributed by atoms with van der Waals surface area (Å²) in [4.78, 5) is 4.62. The Kier molecular flexibility index (Phi) is 1.81. The molecule has 0 radical (unpaired) electrons. The SMILES string of the molecule is CC1=CC2=c3cc(N)ccc3=NC2=CC1C. The third kappa shape index (κ3) is 1.23. The summed E-state index contributed by atoms with van der Waals surface area (Å²) in [5.41, 5.74) is 10.3. The number of nitrogens with two attached hydrogens (primary N) is 1. The van der Waals surface area contributed by atoms with Crippen molar-refractivity contribution in [3.8, 4) is 0 Å². The van der Waals surface area contributed by atoms with Crippen molar-refractivity contribution in [1.82, 2.24) is 0 Å². The van der Waals surface area contributed by atoms with Crippen LogP contribution in [0.4, 0.5) is 5.69 Å². The lowest BCUT2D eigenvalue weighted by Crippen LogP contribution is -2.23. The highest BCUT2D eigenvalue weighted by molar-refractivity contribution is 5.77. The fourth-order valence-corrected chi connectivity index (χ4v) is 2.20. The first-order chi connectivity index (χ1) is 7.65. The second-order valence-electron chi connectivity index (χ2n) is 4.53. The van der Waals surface area contributed by atoms with Crippen LogP contribution in [0, 0.1) is 5.92 Å². The predicted molar refractivity (Wildman–Crippen MR) is 66.0 cm³/mol. The van der Waals surface area contributed by atoms with Crippen LogP contribution in [0.3, 0.4) is 0 Å². The molecule has 1 aromatic rings. The monoisotopic (exact) mass is 210 g/mol. The van der Waals surface area contributed by atoms with E-state index in [2.05, 4.69) is 31.0 Å². The number of fused-ring (bicyclic) bond motifs is 2. The van der Waals surface area contributed by atoms with Gasteiger partial charge in [-0.05, 0) is 31.0 Å². The molecule has 0 amide bonds. The second-order valence-corrected chi connectivity index (χ2v) is 4.53. The maximum Gasteiger partial charge on any atom is 0.0717 e. The molecule has 0 saturated carbocycles. The van der Waals surface area contributed by atoms with E-state index < -0.39 is 0 Å². The molecule has 1 aliphatic carbocycles. The number of nitrogens with zero attached hydrogens (tertiary/aromatic N) is 1. The molecule has 0 saturated heterocycles. The lowest BCUT2D eigenvalue weighted by molar-refractivity contribution is 0.846. The van der Waals surface area contributed by atoms with Gasteiger partial charge in [0.2, 0.25) is 0 Å². The largest absolute Gasteiger partial charge is 0.399 e. The van der Waals surface area contributed by atoms with E-state index in [1.54, 1.807) is 0 Å². The summed E-state index contributed by atoms with van der Waals surface area (Å²) in [5.74, 6) is 0.481. The van der Waals surface area contributed by atoms with Gasteiger partial charge in [-0.15, -0.1) is 0 Å². The molecule has 3 rings (SSSR count). The Morgan fingerprint density at radius 2 is 2.12 bits per heavy atom. The summed E-state index contributed by atoms with van der Waals surface area (Å²) in [6.07, 6.45) is 4.45. The number of benzene rings is 1. The molecule has 1 aliphatic heterocycles. The standard InChI is InChI=1S/C14H14N2/c1-8-5-11-12-7-10(15)3-4-13(12)16-14(11)6-9(8)2/h3-7,9H,15H2,1-2H3. The van der Waals surface area contributed by atoms with Gasteiger partial charge >= 0.3 is 0 Å². The van der Waals surface area contributed by atoms with Gasteiger partial charge in [-0.2, -0.15) is 0 Å². The zero-order valence-electron chi connectivity index (χ0n) is 9.49. The number of rotatable bonds is 0. The van der Waals surface area contributed by atoms with Crippen molar-refractivity contribution in [2.45, 2.75) is 13.8 Å². The number of nitrogen functional groups attached to an aromatic ring is 1. The third-order valence-electron chi connectivity index (χ3n) is 3.33. The molecule has 0 spiro atoms. The van der Waals surface area contributed by atoms with Crippen LogP contribution in [0.5, 0.6) is 0 Å². The van der Waals surface area contributed by atoms with Crippen LogP contribution < -0.4 is 16.3 Å². The molecule has 1 atom stereocenters. The fraction of sp³-hybridized carbons (Fsp3) is 0.214. The average molecular weight is 210 g/mol. The number of anilines is 1. The molecule has 16 heavy (non-hydrogen) atoms. The van der Waals surface area contributed by atoms with Crippen LogP contribution in [0.2, 0.25) is 0 Å². The molecule has 0 aromatic heterocycles. The van der Waals surface area contributed by atoms with Crippen molar-refractivity contribution in [2.75, 3.05) is 5.73 Å². The first kappa shape index (κ1) is 9.40. The van der Waals surface area contributed by atoms with Gasteiger partial charge in [0.25, 0.3) is 0 Å². The van der Waals surface area contributed by atoms with Crippen LogP contribution in [-0.2, 0) is 0 Å². The molecule has 0 bridgehead atoms. The average Bonchev–Trinajstić information content (AvgIpc) is 2.57. The first-order valence-electron chi connectivity index (χ1n) is 5.54. The van der Waals surface area contributed by atoms with E-state index in [-0.39, 0.29) is 0 Å². The summed E-state index contributed by atoms with van der Waals surface area (Å²) < 4.78 is 0. The summed E-state index contributed by atoms with van der Waals surface area (Å²) >= 11 is 0. The van der Waals surface area contributed by atoms with Gasteiger partial charge in [0, 0.05) is 16.5 Å². The molecule has 1 unspecified atom stereocenters. The van der Waals surface area contributed by atoms with Crippen molar-refractivity contribution in [1.29, 1.82) is 0 Å². The van der Waals surface area contributed by atoms with Crippen molar-refractivity contribution >= 4 is 11.3 Å². The Balaban J connectivity index is 2.38. The molecule has 1 heterocycles. The molecule has 2 N–H and O–H groups in total. The molecular formula is C14H14N2. The predicted octanol–water partition coefficient (Wildman–Crippen LogP) is 1.53. The van der Waals surface area contributed by atoms with Gasteiger partial charge in [0.1, 0.15) is 0 Å². The Morgan fingerprint density at radius 3 is 2.94 bits per heavy atom. The van der Waals surface area contributed by atoms with Gasteiger partial charge in [-0.25, -0.2) is 4.99 Å². The van der Waals surface area contributed by atoms with Crippen LogP contribution in [-0.4, -0.2) is 0 Å². The smallest absolute Gasteiger partial charge is 0.0717 e. The van der Waals surface area contributed by atoms with Crippen molar-refractivity contribution in [3.63, 3.8) is 0 Å². The summed E-state index contributed by atoms with van der Waals surface area (Å²) in [5, 5.41) is 2.20.